The molecular formula is C83H58BN9. The standard InChI is InChI=1S/C83H58BN9/c1-47-39-49(3)77(50(4)40-47)84(78-51(5)41-48(2)42-52(78)6)57-43-74(90-68-26-14-10-22-62(68)76-69(90)34-33-61-58-19-7-13-25-67(58)93(83(61)76)73-36-32-56-30-28-54-18-16-38-86-80(54)82(56)89-73)87-75(44-57)92-66-24-12-9-21-60(66)64-45-70-63(46-71(64)92)59-20-8-11-23-65(59)91(70)72-35-31-55-29-27-53-17-15-37-85-79(53)81(55)88-72/h7-46H,1-6H3. The van der Waals surface area contributed by atoms with Gasteiger partial charge in [-0.25, -0.2) is 15.0 Å². The molecular weight excluding hydrogens is 1130 g/mol. The molecule has 10 aromatic carbocycles. The van der Waals surface area contributed by atoms with Crippen LogP contribution < -0.4 is 16.4 Å². The average Bonchev–Trinajstić information content (AvgIpc) is 1.58. The Balaban J connectivity index is 0.926. The topological polar surface area (TPSA) is 84.2 Å². The quantitative estimate of drug-likeness (QED) is 0.117. The number of hydrogen-bond donors (Lipinski definition) is 0. The molecule has 10 heteroatoms. The number of pyridine rings is 5. The lowest BCUT2D eigenvalue weighted by atomic mass is 9.34. The van der Waals surface area contributed by atoms with E-state index in [4.69, 9.17) is 24.9 Å². The van der Waals surface area contributed by atoms with Crippen LogP contribution >= 0.6 is 0 Å². The van der Waals surface area contributed by atoms with Crippen LogP contribution in [-0.4, -0.2) is 49.9 Å². The van der Waals surface area contributed by atoms with Crippen LogP contribution in [-0.2, 0) is 0 Å². The van der Waals surface area contributed by atoms with Crippen molar-refractivity contribution >= 4 is 154 Å². The van der Waals surface area contributed by atoms with Gasteiger partial charge in [-0.15, -0.1) is 0 Å². The fourth-order valence-corrected chi connectivity index (χ4v) is 16.3. The zero-order valence-electron chi connectivity index (χ0n) is 52.2. The van der Waals surface area contributed by atoms with Crippen molar-refractivity contribution in [3.05, 3.63) is 276 Å². The van der Waals surface area contributed by atoms with E-state index in [-0.39, 0.29) is 6.71 Å². The summed E-state index contributed by atoms with van der Waals surface area (Å²) >= 11 is 0. The van der Waals surface area contributed by atoms with Gasteiger partial charge in [0.1, 0.15) is 23.3 Å². The molecule has 9 aromatic heterocycles. The number of aryl methyl sites for hydroxylation is 6. The van der Waals surface area contributed by atoms with Crippen molar-refractivity contribution in [1.82, 2.24) is 43.2 Å². The van der Waals surface area contributed by atoms with E-state index >= 15 is 0 Å². The Morgan fingerprint density at radius 3 is 1.18 bits per heavy atom. The largest absolute Gasteiger partial charge is 0.294 e. The molecule has 0 saturated carbocycles. The van der Waals surface area contributed by atoms with Crippen LogP contribution in [0.1, 0.15) is 33.4 Å². The molecule has 0 bridgehead atoms. The molecule has 0 atom stereocenters. The molecule has 0 spiro atoms. The van der Waals surface area contributed by atoms with Crippen molar-refractivity contribution in [2.24, 2.45) is 0 Å². The number of para-hydroxylation sites is 4. The Kier molecular flexibility index (Phi) is 11.4. The van der Waals surface area contributed by atoms with Gasteiger partial charge in [-0.1, -0.05) is 189 Å². The predicted molar refractivity (Wildman–Crippen MR) is 389 cm³/mol. The summed E-state index contributed by atoms with van der Waals surface area (Å²) in [5.74, 6) is 3.31. The van der Waals surface area contributed by atoms with E-state index in [0.717, 1.165) is 160 Å². The minimum atomic E-state index is -0.168. The third-order valence-corrected chi connectivity index (χ3v) is 19.9. The predicted octanol–water partition coefficient (Wildman–Crippen LogP) is 18.0. The average molecular weight is 1190 g/mol. The number of nitrogens with zero attached hydrogens (tertiary/aromatic N) is 9. The first kappa shape index (κ1) is 53.1. The monoisotopic (exact) mass is 1190 g/mol. The van der Waals surface area contributed by atoms with Crippen molar-refractivity contribution < 1.29 is 0 Å². The fourth-order valence-electron chi connectivity index (χ4n) is 16.3. The summed E-state index contributed by atoms with van der Waals surface area (Å²) in [5.41, 5.74) is 23.4. The Morgan fingerprint density at radius 2 is 0.677 bits per heavy atom. The van der Waals surface area contributed by atoms with Crippen LogP contribution in [0.15, 0.2) is 243 Å². The fraction of sp³-hybridized carbons (Fsp3) is 0.0723. The molecule has 0 N–H and O–H groups in total. The molecule has 0 aliphatic rings. The van der Waals surface area contributed by atoms with Gasteiger partial charge in [0, 0.05) is 77.0 Å². The third kappa shape index (κ3) is 7.79. The molecule has 9 nitrogen and oxygen atoms in total. The van der Waals surface area contributed by atoms with Crippen molar-refractivity contribution in [2.45, 2.75) is 41.5 Å². The second kappa shape index (κ2) is 19.9. The molecule has 93 heavy (non-hydrogen) atoms. The van der Waals surface area contributed by atoms with Crippen LogP contribution in [0.2, 0.25) is 0 Å². The molecule has 9 heterocycles. The third-order valence-electron chi connectivity index (χ3n) is 19.9. The zero-order chi connectivity index (χ0) is 62.1. The highest BCUT2D eigenvalue weighted by Gasteiger charge is 2.32. The second-order valence-electron chi connectivity index (χ2n) is 25.6. The minimum Gasteiger partial charge on any atom is -0.294 e. The first-order valence-electron chi connectivity index (χ1n) is 32.0. The van der Waals surface area contributed by atoms with Crippen molar-refractivity contribution in [3.63, 3.8) is 0 Å². The van der Waals surface area contributed by atoms with Gasteiger partial charge in [0.2, 0.25) is 6.71 Å². The van der Waals surface area contributed by atoms with Crippen molar-refractivity contribution in [3.8, 4) is 23.3 Å². The van der Waals surface area contributed by atoms with E-state index in [0.29, 0.717) is 0 Å². The number of rotatable bonds is 7. The lowest BCUT2D eigenvalue weighted by Crippen LogP contribution is -2.56. The van der Waals surface area contributed by atoms with E-state index in [1.165, 1.54) is 44.3 Å². The van der Waals surface area contributed by atoms with E-state index in [1.807, 2.05) is 24.5 Å². The maximum Gasteiger partial charge on any atom is 0.242 e. The van der Waals surface area contributed by atoms with E-state index in [1.54, 1.807) is 0 Å². The summed E-state index contributed by atoms with van der Waals surface area (Å²) in [5, 5.41) is 13.3. The SMILES string of the molecule is Cc1cc(C)c(B(c2cc(-n3c4ccccc4c4cc5c(cc43)c3ccccc3n5-c3ccc4ccc5cccnc5c4n3)nc(-n3c4ccccc4c4c3ccc3c5ccccc5n(-c5ccc6ccc7cccnc7c6n5)c34)c2)c2c(C)cc(C)cc2C)c(C)c1. The van der Waals surface area contributed by atoms with Crippen LogP contribution in [0.4, 0.5) is 0 Å². The Labute approximate surface area is 535 Å². The summed E-state index contributed by atoms with van der Waals surface area (Å²) in [7, 11) is 0. The van der Waals surface area contributed by atoms with Gasteiger partial charge >= 0.3 is 0 Å². The zero-order valence-corrected chi connectivity index (χ0v) is 52.2. The van der Waals surface area contributed by atoms with E-state index < -0.39 is 0 Å². The van der Waals surface area contributed by atoms with Crippen molar-refractivity contribution in [1.29, 1.82) is 0 Å². The lowest BCUT2D eigenvalue weighted by molar-refractivity contribution is 1.02. The molecule has 0 radical (unpaired) electrons. The van der Waals surface area contributed by atoms with Crippen LogP contribution in [0.25, 0.3) is 154 Å². The van der Waals surface area contributed by atoms with E-state index in [9.17, 15) is 0 Å². The normalized spacial score (nSPS) is 12.2. The maximum atomic E-state index is 6.10. The molecule has 19 aromatic rings. The summed E-state index contributed by atoms with van der Waals surface area (Å²) in [6, 6.07) is 84.4. The van der Waals surface area contributed by atoms with Gasteiger partial charge in [0.15, 0.2) is 0 Å². The highest BCUT2D eigenvalue weighted by atomic mass is 15.1. The highest BCUT2D eigenvalue weighted by Crippen LogP contribution is 2.44. The second-order valence-corrected chi connectivity index (χ2v) is 25.6. The maximum absolute atomic E-state index is 6.10. The van der Waals surface area contributed by atoms with E-state index in [2.05, 4.69) is 278 Å². The lowest BCUT2D eigenvalue weighted by Gasteiger charge is -2.26. The Bertz CT molecular complexity index is 6370. The highest BCUT2D eigenvalue weighted by molar-refractivity contribution is 6.96. The molecule has 438 valence electrons. The van der Waals surface area contributed by atoms with Gasteiger partial charge in [0.05, 0.1) is 66.2 Å². The van der Waals surface area contributed by atoms with Crippen molar-refractivity contribution in [2.75, 3.05) is 0 Å². The number of aromatic nitrogens is 9. The molecule has 0 fully saturated rings. The Hall–Kier alpha value is -11.7. The van der Waals surface area contributed by atoms with Crippen LogP contribution in [0.3, 0.4) is 0 Å². The smallest absolute Gasteiger partial charge is 0.242 e. The first-order chi connectivity index (χ1) is 45.6. The van der Waals surface area contributed by atoms with Crippen LogP contribution in [0.5, 0.6) is 0 Å². The molecule has 0 saturated heterocycles. The number of fused-ring (bicyclic) bond motifs is 19. The summed E-state index contributed by atoms with van der Waals surface area (Å²) in [6.45, 7) is 13.5. The summed E-state index contributed by atoms with van der Waals surface area (Å²) < 4.78 is 9.59. The number of benzene rings is 10. The Morgan fingerprint density at radius 1 is 0.280 bits per heavy atom. The van der Waals surface area contributed by atoms with Gasteiger partial charge in [0.25, 0.3) is 0 Å². The van der Waals surface area contributed by atoms with Gasteiger partial charge in [-0.2, -0.15) is 0 Å². The molecule has 19 rings (SSSR count). The molecule has 0 amide bonds. The molecule has 0 unspecified atom stereocenters. The van der Waals surface area contributed by atoms with Gasteiger partial charge < -0.3 is 0 Å². The molecule has 0 aliphatic carbocycles. The van der Waals surface area contributed by atoms with Gasteiger partial charge in [-0.3, -0.25) is 28.2 Å². The minimum absolute atomic E-state index is 0.168. The first-order valence-corrected chi connectivity index (χ1v) is 32.0. The molecule has 0 aliphatic heterocycles. The van der Waals surface area contributed by atoms with Gasteiger partial charge in [-0.05, 0) is 133 Å². The van der Waals surface area contributed by atoms with Crippen LogP contribution in [0, 0.1) is 41.5 Å². The number of hydrogen-bond acceptors (Lipinski definition) is 5. The summed E-state index contributed by atoms with van der Waals surface area (Å²) in [4.78, 5) is 26.9. The summed E-state index contributed by atoms with van der Waals surface area (Å²) in [6.07, 6.45) is 3.72.